The fraction of sp³-hybridized carbons (Fsp3) is 0.533. The molecule has 4 nitrogen and oxygen atoms in total. The van der Waals surface area contributed by atoms with Gasteiger partial charge in [-0.1, -0.05) is 30.3 Å². The van der Waals surface area contributed by atoms with Crippen LogP contribution in [-0.2, 0) is 14.9 Å². The average molecular weight is 294 g/mol. The van der Waals surface area contributed by atoms with E-state index in [0.29, 0.717) is 6.42 Å². The summed E-state index contributed by atoms with van der Waals surface area (Å²) in [4.78, 5) is 12.1. The third kappa shape index (κ3) is 2.52. The van der Waals surface area contributed by atoms with Crippen molar-refractivity contribution in [1.29, 1.82) is 0 Å². The van der Waals surface area contributed by atoms with E-state index < -0.39 is 10.1 Å². The summed E-state index contributed by atoms with van der Waals surface area (Å²) in [7, 11) is -4.06. The van der Waals surface area contributed by atoms with Gasteiger partial charge in [-0.2, -0.15) is 8.42 Å². The molecule has 108 valence electrons. The van der Waals surface area contributed by atoms with E-state index in [1.54, 1.807) is 0 Å². The molecule has 3 aliphatic carbocycles. The number of hydrogen-bond donors (Lipinski definition) is 1. The molecular weight excluding hydrogens is 276 g/mol. The van der Waals surface area contributed by atoms with Crippen LogP contribution in [0.15, 0.2) is 30.3 Å². The van der Waals surface area contributed by atoms with Crippen LogP contribution in [0.2, 0.25) is 0 Å². The van der Waals surface area contributed by atoms with Gasteiger partial charge in [-0.15, -0.1) is 0 Å². The van der Waals surface area contributed by atoms with Gasteiger partial charge in [0.05, 0.1) is 5.75 Å². The monoisotopic (exact) mass is 294 g/mol. The number of rotatable bonds is 3. The van der Waals surface area contributed by atoms with Crippen LogP contribution in [0.4, 0.5) is 0 Å². The normalized spacial score (nSPS) is 33.4. The Kier molecular flexibility index (Phi) is 3.42. The van der Waals surface area contributed by atoms with E-state index >= 15 is 0 Å². The van der Waals surface area contributed by atoms with Gasteiger partial charge >= 0.3 is 0 Å². The second-order valence-corrected chi connectivity index (χ2v) is 7.46. The van der Waals surface area contributed by atoms with Gasteiger partial charge in [0.2, 0.25) is 0 Å². The zero-order valence-corrected chi connectivity index (χ0v) is 11.9. The van der Waals surface area contributed by atoms with Crippen molar-refractivity contribution in [1.82, 2.24) is 0 Å². The van der Waals surface area contributed by atoms with Gasteiger partial charge in [-0.05, 0) is 36.2 Å². The summed E-state index contributed by atoms with van der Waals surface area (Å²) in [6, 6.07) is 9.78. The average Bonchev–Trinajstić information content (AvgIpc) is 2.38. The molecule has 3 aliphatic rings. The topological polar surface area (TPSA) is 71.4 Å². The lowest BCUT2D eigenvalue weighted by Gasteiger charge is -2.47. The Morgan fingerprint density at radius 2 is 1.85 bits per heavy atom. The standard InChI is InChI=1S/C15H18O4S/c16-14-8-11-6-7-12(14)13(9-20(17,18)19)15(11)10-4-2-1-3-5-10/h1-5,11-13,15H,6-9H2,(H,17,18,19)/t11-,12-,13-,15+/m1/s1. The van der Waals surface area contributed by atoms with Gasteiger partial charge in [0.1, 0.15) is 5.78 Å². The maximum atomic E-state index is 12.1. The predicted molar refractivity (Wildman–Crippen MR) is 74.9 cm³/mol. The first-order valence-corrected chi connectivity index (χ1v) is 8.59. The molecule has 0 radical (unpaired) electrons. The summed E-state index contributed by atoms with van der Waals surface area (Å²) in [6.45, 7) is 0. The lowest BCUT2D eigenvalue weighted by atomic mass is 9.57. The Bertz CT molecular complexity index is 608. The third-order valence-corrected chi connectivity index (χ3v) is 5.61. The highest BCUT2D eigenvalue weighted by Gasteiger charge is 2.49. The first kappa shape index (κ1) is 13.8. The van der Waals surface area contributed by atoms with Gasteiger partial charge in [-0.3, -0.25) is 9.35 Å². The van der Waals surface area contributed by atoms with Gasteiger partial charge in [0.15, 0.2) is 0 Å². The molecular formula is C15H18O4S. The molecule has 0 spiro atoms. The summed E-state index contributed by atoms with van der Waals surface area (Å²) in [5.41, 5.74) is 1.09. The Balaban J connectivity index is 1.99. The number of ketones is 1. The predicted octanol–water partition coefficient (Wildman–Crippen LogP) is 2.27. The SMILES string of the molecule is O=C1C[C@H]2CC[C@@H]1[C@@H](CS(=O)(=O)O)[C@H]2c1ccccc1. The van der Waals surface area contributed by atoms with Crippen LogP contribution in [0.1, 0.15) is 30.7 Å². The smallest absolute Gasteiger partial charge is 0.265 e. The minimum absolute atomic E-state index is 0.0644. The van der Waals surface area contributed by atoms with Crippen LogP contribution < -0.4 is 0 Å². The number of carbonyl (C=O) groups excluding carboxylic acids is 1. The molecule has 3 saturated carbocycles. The summed E-state index contributed by atoms with van der Waals surface area (Å²) < 4.78 is 31.8. The van der Waals surface area contributed by atoms with E-state index in [9.17, 15) is 17.8 Å². The maximum absolute atomic E-state index is 12.1. The summed E-state index contributed by atoms with van der Waals surface area (Å²) in [5.74, 6) is -0.364. The molecule has 3 fully saturated rings. The van der Waals surface area contributed by atoms with E-state index in [4.69, 9.17) is 0 Å². The first-order valence-electron chi connectivity index (χ1n) is 6.98. The Morgan fingerprint density at radius 3 is 2.45 bits per heavy atom. The zero-order chi connectivity index (χ0) is 14.3. The van der Waals surface area contributed by atoms with Crippen molar-refractivity contribution in [2.45, 2.75) is 25.2 Å². The highest BCUT2D eigenvalue weighted by Crippen LogP contribution is 2.52. The summed E-state index contributed by atoms with van der Waals surface area (Å²) >= 11 is 0. The molecule has 0 heterocycles. The molecule has 4 rings (SSSR count). The van der Waals surface area contributed by atoms with Crippen LogP contribution in [0.5, 0.6) is 0 Å². The molecule has 0 aliphatic heterocycles. The van der Waals surface area contributed by atoms with Crippen LogP contribution in [0, 0.1) is 17.8 Å². The van der Waals surface area contributed by atoms with Crippen LogP contribution in [-0.4, -0.2) is 24.5 Å². The first-order chi connectivity index (χ1) is 9.46. The largest absolute Gasteiger partial charge is 0.299 e. The number of carbonyl (C=O) groups is 1. The lowest BCUT2D eigenvalue weighted by molar-refractivity contribution is -0.133. The molecule has 0 amide bonds. The van der Waals surface area contributed by atoms with Crippen molar-refractivity contribution < 1.29 is 17.8 Å². The summed E-state index contributed by atoms with van der Waals surface area (Å²) in [6.07, 6.45) is 2.27. The number of hydrogen-bond acceptors (Lipinski definition) is 3. The van der Waals surface area contributed by atoms with Crippen molar-refractivity contribution in [2.75, 3.05) is 5.75 Å². The van der Waals surface area contributed by atoms with Crippen LogP contribution in [0.25, 0.3) is 0 Å². The van der Waals surface area contributed by atoms with Crippen molar-refractivity contribution in [2.24, 2.45) is 17.8 Å². The Hall–Kier alpha value is -1.20. The highest BCUT2D eigenvalue weighted by atomic mass is 32.2. The fourth-order valence-electron chi connectivity index (χ4n) is 4.08. The van der Waals surface area contributed by atoms with E-state index in [1.165, 1.54) is 0 Å². The van der Waals surface area contributed by atoms with Crippen molar-refractivity contribution >= 4 is 15.9 Å². The zero-order valence-electron chi connectivity index (χ0n) is 11.1. The fourth-order valence-corrected chi connectivity index (χ4v) is 5.01. The second kappa shape index (κ2) is 4.97. The van der Waals surface area contributed by atoms with E-state index in [-0.39, 0.29) is 35.2 Å². The minimum Gasteiger partial charge on any atom is -0.299 e. The van der Waals surface area contributed by atoms with Gasteiger partial charge in [0, 0.05) is 12.3 Å². The van der Waals surface area contributed by atoms with Crippen molar-refractivity contribution in [3.63, 3.8) is 0 Å². The second-order valence-electron chi connectivity index (χ2n) is 5.96. The molecule has 20 heavy (non-hydrogen) atoms. The van der Waals surface area contributed by atoms with Crippen molar-refractivity contribution in [3.05, 3.63) is 35.9 Å². The van der Waals surface area contributed by atoms with Gasteiger partial charge in [0.25, 0.3) is 10.1 Å². The van der Waals surface area contributed by atoms with Crippen LogP contribution >= 0.6 is 0 Å². The van der Waals surface area contributed by atoms with E-state index in [0.717, 1.165) is 18.4 Å². The molecule has 1 aromatic carbocycles. The molecule has 4 atom stereocenters. The Labute approximate surface area is 118 Å². The molecule has 5 heteroatoms. The molecule has 0 unspecified atom stereocenters. The molecule has 2 bridgehead atoms. The number of fused-ring (bicyclic) bond motifs is 3. The van der Waals surface area contributed by atoms with E-state index in [1.807, 2.05) is 30.3 Å². The molecule has 1 aromatic rings. The number of benzene rings is 1. The van der Waals surface area contributed by atoms with Crippen LogP contribution in [0.3, 0.4) is 0 Å². The van der Waals surface area contributed by atoms with E-state index in [2.05, 4.69) is 0 Å². The van der Waals surface area contributed by atoms with Gasteiger partial charge in [-0.25, -0.2) is 0 Å². The molecule has 1 N–H and O–H groups in total. The molecule has 0 aromatic heterocycles. The molecule has 0 saturated heterocycles. The minimum atomic E-state index is -4.06. The summed E-state index contributed by atoms with van der Waals surface area (Å²) in [5, 5.41) is 0. The highest BCUT2D eigenvalue weighted by molar-refractivity contribution is 7.85. The third-order valence-electron chi connectivity index (χ3n) is 4.80. The number of Topliss-reactive ketones (excluding diaryl/α,β-unsaturated/α-hetero) is 1. The van der Waals surface area contributed by atoms with Gasteiger partial charge < -0.3 is 0 Å². The maximum Gasteiger partial charge on any atom is 0.265 e. The quantitative estimate of drug-likeness (QED) is 0.868. The Morgan fingerprint density at radius 1 is 1.15 bits per heavy atom. The van der Waals surface area contributed by atoms with Crippen molar-refractivity contribution in [3.8, 4) is 0 Å². The lowest BCUT2D eigenvalue weighted by Crippen LogP contribution is -2.46.